The van der Waals surface area contributed by atoms with Crippen molar-refractivity contribution in [2.24, 2.45) is 5.73 Å². The smallest absolute Gasteiger partial charge is 0.404 e. The summed E-state index contributed by atoms with van der Waals surface area (Å²) in [5, 5.41) is 15.7. The normalized spacial score (nSPS) is 15.6. The number of imidazole rings is 1. The predicted molar refractivity (Wildman–Crippen MR) is 147 cm³/mol. The Morgan fingerprint density at radius 1 is 1.10 bits per heavy atom. The molecule has 1 atom stereocenters. The number of amides is 2. The van der Waals surface area contributed by atoms with Crippen LogP contribution in [0.1, 0.15) is 43.2 Å². The lowest BCUT2D eigenvalue weighted by molar-refractivity contribution is -0.136. The molecule has 0 saturated carbocycles. The number of benzene rings is 2. The van der Waals surface area contributed by atoms with Crippen LogP contribution in [0.2, 0.25) is 0 Å². The Bertz CT molecular complexity index is 1560. The van der Waals surface area contributed by atoms with Crippen LogP contribution in [0.3, 0.4) is 0 Å². The first-order chi connectivity index (χ1) is 19.2. The number of hydrogen-bond donors (Lipinski definition) is 2. The number of rotatable bonds is 8. The summed E-state index contributed by atoms with van der Waals surface area (Å²) >= 11 is 0. The molecule has 3 N–H and O–H groups in total. The molecule has 1 saturated heterocycles. The first-order valence-electron chi connectivity index (χ1n) is 13.2. The highest BCUT2D eigenvalue weighted by Crippen LogP contribution is 2.27. The van der Waals surface area contributed by atoms with Gasteiger partial charge in [-0.15, -0.1) is 0 Å². The molecule has 11 nitrogen and oxygen atoms in total. The van der Waals surface area contributed by atoms with E-state index in [9.17, 15) is 19.5 Å². The average Bonchev–Trinajstić information content (AvgIpc) is 3.39. The summed E-state index contributed by atoms with van der Waals surface area (Å²) in [6.07, 6.45) is 3.27. The largest absolute Gasteiger partial charge is 0.445 e. The van der Waals surface area contributed by atoms with Crippen LogP contribution >= 0.6 is 0 Å². The minimum Gasteiger partial charge on any atom is -0.445 e. The van der Waals surface area contributed by atoms with Crippen molar-refractivity contribution >= 4 is 17.6 Å². The van der Waals surface area contributed by atoms with Crippen LogP contribution < -0.4 is 11.3 Å². The first kappa shape index (κ1) is 27.1. The fraction of sp³-hybridized carbons (Fsp3) is 0.345. The molecular weight excluding hydrogens is 512 g/mol. The molecule has 40 heavy (non-hydrogen) atoms. The number of piperidine rings is 1. The van der Waals surface area contributed by atoms with Crippen LogP contribution in [0.25, 0.3) is 16.9 Å². The number of nitrogens with zero attached hydrogens (tertiary/aromatic N) is 5. The fourth-order valence-corrected chi connectivity index (χ4v) is 5.08. The lowest BCUT2D eigenvalue weighted by Gasteiger charge is -2.38. The number of carbonyl (C=O) groups excluding carboxylic acids is 2. The number of aromatic nitrogens is 4. The van der Waals surface area contributed by atoms with Crippen molar-refractivity contribution < 1.29 is 19.4 Å². The zero-order valence-corrected chi connectivity index (χ0v) is 22.3. The number of likely N-dealkylation sites (tertiary alicyclic amines) is 1. The molecule has 0 radical (unpaired) electrons. The van der Waals surface area contributed by atoms with Gasteiger partial charge in [0, 0.05) is 25.1 Å². The number of nitrogens with two attached hydrogens (primary N) is 1. The molecule has 1 aliphatic heterocycles. The summed E-state index contributed by atoms with van der Waals surface area (Å²) in [6.45, 7) is 3.02. The van der Waals surface area contributed by atoms with Crippen LogP contribution in [0.4, 0.5) is 4.79 Å². The van der Waals surface area contributed by atoms with E-state index in [0.29, 0.717) is 38.0 Å². The van der Waals surface area contributed by atoms with Gasteiger partial charge in [-0.2, -0.15) is 5.10 Å². The zero-order chi connectivity index (χ0) is 28.3. The molecule has 2 aromatic heterocycles. The summed E-state index contributed by atoms with van der Waals surface area (Å²) in [5.41, 5.74) is 6.94. The standard InChI is InChI=1S/C29H32N6O5/c1-20(22-5-3-2-4-6-22)15-25(36)33-13-11-29(39,12-14-33)18-34-19-32-35-24(16-31-26(35)27(34)37)23-9-7-21(8-10-23)17-40-28(30)38/h2-10,16,19-20,39H,11-15,17-18H2,1H3,(H2,30,38). The summed E-state index contributed by atoms with van der Waals surface area (Å²) in [4.78, 5) is 43.0. The highest BCUT2D eigenvalue weighted by molar-refractivity contribution is 5.77. The van der Waals surface area contributed by atoms with Gasteiger partial charge in [0.05, 0.1) is 24.0 Å². The Kier molecular flexibility index (Phi) is 7.65. The molecule has 2 aromatic carbocycles. The van der Waals surface area contributed by atoms with Gasteiger partial charge in [-0.3, -0.25) is 14.2 Å². The molecule has 5 rings (SSSR count). The van der Waals surface area contributed by atoms with Gasteiger partial charge in [0.2, 0.25) is 11.6 Å². The lowest BCUT2D eigenvalue weighted by Crippen LogP contribution is -2.50. The number of ether oxygens (including phenoxy) is 1. The molecule has 0 aliphatic carbocycles. The second-order valence-electron chi connectivity index (χ2n) is 10.4. The molecule has 11 heteroatoms. The summed E-state index contributed by atoms with van der Waals surface area (Å²) in [5.74, 6) is 0.177. The van der Waals surface area contributed by atoms with Gasteiger partial charge < -0.3 is 20.5 Å². The molecule has 4 aromatic rings. The average molecular weight is 545 g/mol. The maximum atomic E-state index is 13.2. The van der Waals surface area contributed by atoms with E-state index in [1.807, 2.05) is 49.4 Å². The highest BCUT2D eigenvalue weighted by atomic mass is 16.5. The highest BCUT2D eigenvalue weighted by Gasteiger charge is 2.35. The summed E-state index contributed by atoms with van der Waals surface area (Å²) in [6, 6.07) is 17.2. The van der Waals surface area contributed by atoms with Gasteiger partial charge in [-0.05, 0) is 29.9 Å². The van der Waals surface area contributed by atoms with E-state index in [0.717, 1.165) is 16.7 Å². The SMILES string of the molecule is CC(CC(=O)N1CCC(O)(Cn2cnn3c(-c4ccc(COC(N)=O)cc4)cnc3c2=O)CC1)c1ccccc1. The first-order valence-corrected chi connectivity index (χ1v) is 13.2. The topological polar surface area (TPSA) is 145 Å². The van der Waals surface area contributed by atoms with Crippen LogP contribution in [0, 0.1) is 0 Å². The number of carbonyl (C=O) groups is 2. The third kappa shape index (κ3) is 5.89. The molecule has 0 spiro atoms. The number of aliphatic hydroxyl groups is 1. The quantitative estimate of drug-likeness (QED) is 0.347. The van der Waals surface area contributed by atoms with Crippen molar-refractivity contribution in [3.05, 3.63) is 88.6 Å². The lowest BCUT2D eigenvalue weighted by atomic mass is 9.90. The molecular formula is C29H32N6O5. The molecule has 208 valence electrons. The summed E-state index contributed by atoms with van der Waals surface area (Å²) in [7, 11) is 0. The number of primary amides is 1. The van der Waals surface area contributed by atoms with Crippen molar-refractivity contribution in [3.8, 4) is 11.3 Å². The molecule has 3 heterocycles. The minimum atomic E-state index is -1.14. The van der Waals surface area contributed by atoms with Crippen molar-refractivity contribution in [1.29, 1.82) is 0 Å². The van der Waals surface area contributed by atoms with Crippen LogP contribution in [-0.2, 0) is 22.7 Å². The Labute approximate surface area is 230 Å². The van der Waals surface area contributed by atoms with Crippen molar-refractivity contribution in [3.63, 3.8) is 0 Å². The van der Waals surface area contributed by atoms with E-state index in [2.05, 4.69) is 10.1 Å². The Hall–Kier alpha value is -4.51. The zero-order valence-electron chi connectivity index (χ0n) is 22.3. The van der Waals surface area contributed by atoms with Gasteiger partial charge in [0.15, 0.2) is 0 Å². The van der Waals surface area contributed by atoms with E-state index in [1.165, 1.54) is 15.4 Å². The van der Waals surface area contributed by atoms with Crippen LogP contribution in [0.15, 0.2) is 71.9 Å². The van der Waals surface area contributed by atoms with Crippen molar-refractivity contribution in [2.45, 2.75) is 50.9 Å². The summed E-state index contributed by atoms with van der Waals surface area (Å²) < 4.78 is 7.65. The van der Waals surface area contributed by atoms with Crippen LogP contribution in [0.5, 0.6) is 0 Å². The molecule has 1 fully saturated rings. The molecule has 1 aliphatic rings. The van der Waals surface area contributed by atoms with Crippen LogP contribution in [-0.4, -0.2) is 59.9 Å². The maximum absolute atomic E-state index is 13.2. The molecule has 2 amide bonds. The van der Waals surface area contributed by atoms with Gasteiger partial charge in [-0.25, -0.2) is 14.3 Å². The number of fused-ring (bicyclic) bond motifs is 1. The third-order valence-electron chi connectivity index (χ3n) is 7.49. The minimum absolute atomic E-state index is 0.0629. The predicted octanol–water partition coefficient (Wildman–Crippen LogP) is 2.70. The Balaban J connectivity index is 1.23. The van der Waals surface area contributed by atoms with E-state index in [4.69, 9.17) is 10.5 Å². The maximum Gasteiger partial charge on any atom is 0.404 e. The second-order valence-corrected chi connectivity index (χ2v) is 10.4. The Morgan fingerprint density at radius 2 is 1.80 bits per heavy atom. The van der Waals surface area contributed by atoms with Crippen molar-refractivity contribution in [2.75, 3.05) is 13.1 Å². The number of hydrogen-bond acceptors (Lipinski definition) is 7. The monoisotopic (exact) mass is 544 g/mol. The van der Waals surface area contributed by atoms with E-state index in [1.54, 1.807) is 23.2 Å². The van der Waals surface area contributed by atoms with E-state index >= 15 is 0 Å². The third-order valence-corrected chi connectivity index (χ3v) is 7.49. The van der Waals surface area contributed by atoms with Gasteiger partial charge in [0.25, 0.3) is 5.56 Å². The van der Waals surface area contributed by atoms with Gasteiger partial charge >= 0.3 is 6.09 Å². The van der Waals surface area contributed by atoms with Gasteiger partial charge in [0.1, 0.15) is 12.9 Å². The van der Waals surface area contributed by atoms with Crippen molar-refractivity contribution in [1.82, 2.24) is 24.1 Å². The van der Waals surface area contributed by atoms with E-state index < -0.39 is 11.7 Å². The fourth-order valence-electron chi connectivity index (χ4n) is 5.08. The molecule has 1 unspecified atom stereocenters. The molecule has 0 bridgehead atoms. The van der Waals surface area contributed by atoms with E-state index in [-0.39, 0.29) is 36.2 Å². The Morgan fingerprint density at radius 3 is 2.48 bits per heavy atom. The second kappa shape index (κ2) is 11.3. The van der Waals surface area contributed by atoms with Gasteiger partial charge in [-0.1, -0.05) is 61.5 Å².